The molecular formula is C12H21N3O2. The molecule has 17 heavy (non-hydrogen) atoms. The van der Waals surface area contributed by atoms with Gasteiger partial charge in [-0.1, -0.05) is 18.0 Å². The van der Waals surface area contributed by atoms with Gasteiger partial charge in [-0.15, -0.1) is 0 Å². The van der Waals surface area contributed by atoms with Crippen molar-refractivity contribution < 1.29 is 10.0 Å². The molecule has 0 aliphatic heterocycles. The predicted octanol–water partition coefficient (Wildman–Crippen LogP) is 1.06. The van der Waals surface area contributed by atoms with Crippen LogP contribution < -0.4 is 11.1 Å². The number of amides is 1. The van der Waals surface area contributed by atoms with Crippen LogP contribution in [0.4, 0.5) is 0 Å². The van der Waals surface area contributed by atoms with E-state index in [2.05, 4.69) is 10.5 Å². The van der Waals surface area contributed by atoms with Crippen molar-refractivity contribution in [3.63, 3.8) is 0 Å². The average Bonchev–Trinajstić information content (AvgIpc) is 3.02. The lowest BCUT2D eigenvalue weighted by Crippen LogP contribution is -2.37. The average molecular weight is 239 g/mol. The molecule has 2 fully saturated rings. The fourth-order valence-corrected chi connectivity index (χ4v) is 3.13. The summed E-state index contributed by atoms with van der Waals surface area (Å²) >= 11 is 0. The molecule has 3 unspecified atom stereocenters. The second kappa shape index (κ2) is 4.94. The Balaban J connectivity index is 1.78. The Morgan fingerprint density at radius 1 is 1.47 bits per heavy atom. The summed E-state index contributed by atoms with van der Waals surface area (Å²) in [5.41, 5.74) is 5.41. The van der Waals surface area contributed by atoms with Gasteiger partial charge in [0.1, 0.15) is 5.84 Å². The van der Waals surface area contributed by atoms with Crippen LogP contribution in [0.2, 0.25) is 0 Å². The molecule has 5 heteroatoms. The van der Waals surface area contributed by atoms with Crippen molar-refractivity contribution >= 4 is 11.7 Å². The van der Waals surface area contributed by atoms with Crippen molar-refractivity contribution in [2.75, 3.05) is 0 Å². The largest absolute Gasteiger partial charge is 0.409 e. The summed E-state index contributed by atoms with van der Waals surface area (Å²) in [5, 5.41) is 14.3. The topological polar surface area (TPSA) is 87.7 Å². The summed E-state index contributed by atoms with van der Waals surface area (Å²) in [6.07, 6.45) is 5.34. The summed E-state index contributed by atoms with van der Waals surface area (Å²) in [6.45, 7) is 1.88. The molecule has 96 valence electrons. The van der Waals surface area contributed by atoms with Crippen LogP contribution in [0.5, 0.6) is 0 Å². The first-order valence-corrected chi connectivity index (χ1v) is 6.40. The molecule has 0 spiro atoms. The van der Waals surface area contributed by atoms with E-state index >= 15 is 0 Å². The molecule has 0 radical (unpaired) electrons. The van der Waals surface area contributed by atoms with Crippen LogP contribution in [0, 0.1) is 17.8 Å². The fraction of sp³-hybridized carbons (Fsp3) is 0.833. The van der Waals surface area contributed by atoms with Gasteiger partial charge < -0.3 is 16.3 Å². The zero-order chi connectivity index (χ0) is 12.4. The van der Waals surface area contributed by atoms with Crippen molar-refractivity contribution in [1.29, 1.82) is 0 Å². The van der Waals surface area contributed by atoms with Gasteiger partial charge in [0.25, 0.3) is 0 Å². The molecule has 0 heterocycles. The summed E-state index contributed by atoms with van der Waals surface area (Å²) < 4.78 is 0. The molecule has 0 aromatic rings. The van der Waals surface area contributed by atoms with Gasteiger partial charge in [0.05, 0.1) is 0 Å². The number of nitrogens with two attached hydrogens (primary N) is 1. The Morgan fingerprint density at radius 3 is 2.59 bits per heavy atom. The van der Waals surface area contributed by atoms with Crippen LogP contribution in [0.3, 0.4) is 0 Å². The summed E-state index contributed by atoms with van der Waals surface area (Å²) in [7, 11) is 0. The molecule has 3 atom stereocenters. The minimum Gasteiger partial charge on any atom is -0.409 e. The van der Waals surface area contributed by atoms with Crippen molar-refractivity contribution in [3.8, 4) is 0 Å². The smallest absolute Gasteiger partial charge is 0.223 e. The number of carbonyl (C=O) groups is 1. The van der Waals surface area contributed by atoms with Gasteiger partial charge in [-0.05, 0) is 31.6 Å². The lowest BCUT2D eigenvalue weighted by Gasteiger charge is -2.12. The van der Waals surface area contributed by atoms with Crippen LogP contribution >= 0.6 is 0 Å². The fourth-order valence-electron chi connectivity index (χ4n) is 3.13. The Hall–Kier alpha value is -1.26. The van der Waals surface area contributed by atoms with E-state index in [-0.39, 0.29) is 23.7 Å². The van der Waals surface area contributed by atoms with E-state index in [9.17, 15) is 4.79 Å². The summed E-state index contributed by atoms with van der Waals surface area (Å²) in [5.74, 6) is 1.79. The van der Waals surface area contributed by atoms with Gasteiger partial charge in [-0.2, -0.15) is 0 Å². The van der Waals surface area contributed by atoms with E-state index in [1.165, 1.54) is 25.7 Å². The first kappa shape index (κ1) is 12.2. The van der Waals surface area contributed by atoms with E-state index in [1.807, 2.05) is 6.92 Å². The molecule has 2 aliphatic carbocycles. The van der Waals surface area contributed by atoms with Crippen LogP contribution in [0.25, 0.3) is 0 Å². The Morgan fingerprint density at radius 2 is 2.06 bits per heavy atom. The summed E-state index contributed by atoms with van der Waals surface area (Å²) in [4.78, 5) is 12.0. The highest BCUT2D eigenvalue weighted by Gasteiger charge is 2.54. The summed E-state index contributed by atoms with van der Waals surface area (Å²) in [6, 6.07) is -0.0685. The quantitative estimate of drug-likeness (QED) is 0.297. The Kier molecular flexibility index (Phi) is 3.54. The number of rotatable bonds is 4. The minimum atomic E-state index is -0.0685. The van der Waals surface area contributed by atoms with E-state index < -0.39 is 0 Å². The molecule has 0 bridgehead atoms. The number of nitrogens with zero attached hydrogens (tertiary/aromatic N) is 1. The first-order valence-electron chi connectivity index (χ1n) is 6.40. The van der Waals surface area contributed by atoms with Crippen molar-refractivity contribution in [2.45, 2.75) is 45.1 Å². The zero-order valence-corrected chi connectivity index (χ0v) is 10.2. The zero-order valence-electron chi connectivity index (χ0n) is 10.2. The number of hydrogen-bond acceptors (Lipinski definition) is 3. The highest BCUT2D eigenvalue weighted by atomic mass is 16.4. The maximum Gasteiger partial charge on any atom is 0.223 e. The molecular weight excluding hydrogens is 218 g/mol. The van der Waals surface area contributed by atoms with Gasteiger partial charge in [-0.25, -0.2) is 0 Å². The van der Waals surface area contributed by atoms with Crippen molar-refractivity contribution in [3.05, 3.63) is 0 Å². The van der Waals surface area contributed by atoms with Crippen LogP contribution in [0.1, 0.15) is 39.0 Å². The number of oxime groups is 1. The number of nitrogens with one attached hydrogen (secondary N) is 1. The van der Waals surface area contributed by atoms with Crippen LogP contribution in [-0.4, -0.2) is 23.0 Å². The molecule has 2 aliphatic rings. The number of hydrogen-bond donors (Lipinski definition) is 3. The third-order valence-electron chi connectivity index (χ3n) is 3.99. The maximum absolute atomic E-state index is 12.0. The normalized spacial score (nSPS) is 33.7. The second-order valence-electron chi connectivity index (χ2n) is 5.34. The number of carbonyl (C=O) groups excluding carboxylic acids is 1. The van der Waals surface area contributed by atoms with E-state index in [0.717, 1.165) is 0 Å². The molecule has 4 N–H and O–H groups in total. The van der Waals surface area contributed by atoms with Crippen molar-refractivity contribution in [1.82, 2.24) is 5.32 Å². The molecule has 0 aromatic carbocycles. The van der Waals surface area contributed by atoms with E-state index in [0.29, 0.717) is 18.3 Å². The SMILES string of the molecule is CC(CC(N)=NO)NC(=O)C1C2CCCCC21. The monoisotopic (exact) mass is 239 g/mol. The van der Waals surface area contributed by atoms with Gasteiger partial charge in [0, 0.05) is 18.4 Å². The standard InChI is InChI=1S/C12H21N3O2/c1-7(6-10(13)15-17)14-12(16)11-8-4-2-3-5-9(8)11/h7-9,11,17H,2-6H2,1H3,(H2,13,15)(H,14,16). The third-order valence-corrected chi connectivity index (χ3v) is 3.99. The van der Waals surface area contributed by atoms with Crippen molar-refractivity contribution in [2.24, 2.45) is 28.6 Å². The lowest BCUT2D eigenvalue weighted by molar-refractivity contribution is -0.123. The maximum atomic E-state index is 12.0. The Bertz CT molecular complexity index is 318. The highest BCUT2D eigenvalue weighted by Crippen LogP contribution is 2.55. The highest BCUT2D eigenvalue weighted by molar-refractivity contribution is 5.84. The first-order chi connectivity index (χ1) is 8.13. The molecule has 2 saturated carbocycles. The molecule has 0 aromatic heterocycles. The molecule has 2 rings (SSSR count). The van der Waals surface area contributed by atoms with Gasteiger partial charge in [-0.3, -0.25) is 4.79 Å². The van der Waals surface area contributed by atoms with E-state index in [4.69, 9.17) is 10.9 Å². The van der Waals surface area contributed by atoms with Crippen LogP contribution in [-0.2, 0) is 4.79 Å². The van der Waals surface area contributed by atoms with Gasteiger partial charge >= 0.3 is 0 Å². The number of amidine groups is 1. The second-order valence-corrected chi connectivity index (χ2v) is 5.34. The number of fused-ring (bicyclic) bond motifs is 1. The molecule has 0 saturated heterocycles. The minimum absolute atomic E-state index is 0.0685. The van der Waals surface area contributed by atoms with Gasteiger partial charge in [0.2, 0.25) is 5.91 Å². The third kappa shape index (κ3) is 2.70. The molecule has 1 amide bonds. The van der Waals surface area contributed by atoms with Gasteiger partial charge in [0.15, 0.2) is 0 Å². The molecule has 5 nitrogen and oxygen atoms in total. The Labute approximate surface area is 101 Å². The van der Waals surface area contributed by atoms with Crippen LogP contribution in [0.15, 0.2) is 5.16 Å². The van der Waals surface area contributed by atoms with E-state index in [1.54, 1.807) is 0 Å². The predicted molar refractivity (Wildman–Crippen MR) is 64.6 cm³/mol. The lowest BCUT2D eigenvalue weighted by atomic mass is 10.0.